The van der Waals surface area contributed by atoms with Crippen molar-refractivity contribution in [2.24, 2.45) is 69.0 Å². The van der Waals surface area contributed by atoms with Crippen LogP contribution in [-0.4, -0.2) is 24.9 Å². The van der Waals surface area contributed by atoms with Gasteiger partial charge in [-0.2, -0.15) is 0 Å². The summed E-state index contributed by atoms with van der Waals surface area (Å²) in [6.45, 7) is 13.1. The maximum Gasteiger partial charge on any atom is 0.0638 e. The van der Waals surface area contributed by atoms with Gasteiger partial charge in [0.15, 0.2) is 0 Å². The molecule has 2 nitrogen and oxygen atoms in total. The topological polar surface area (TPSA) is 29.5 Å². The summed E-state index contributed by atoms with van der Waals surface area (Å²) in [5.74, 6) is 6.73. The van der Waals surface area contributed by atoms with E-state index in [0.29, 0.717) is 40.3 Å². The van der Waals surface area contributed by atoms with Gasteiger partial charge in [0.05, 0.1) is 6.10 Å². The van der Waals surface area contributed by atoms with Crippen LogP contribution in [0.1, 0.15) is 92.4 Å². The molecule has 176 valence electrons. The van der Waals surface area contributed by atoms with E-state index >= 15 is 0 Å². The summed E-state index contributed by atoms with van der Waals surface area (Å²) in [6, 6.07) is 0. The second kappa shape index (κ2) is 6.53. The lowest BCUT2D eigenvalue weighted by molar-refractivity contribution is -0.161. The molecular formula is C29H48O2. The van der Waals surface area contributed by atoms with Crippen LogP contribution in [0.15, 0.2) is 0 Å². The molecule has 0 bridgehead atoms. The van der Waals surface area contributed by atoms with Gasteiger partial charge in [-0.25, -0.2) is 0 Å². The summed E-state index contributed by atoms with van der Waals surface area (Å²) in [5, 5.41) is 9.82. The molecule has 0 aromatic heterocycles. The highest BCUT2D eigenvalue weighted by Crippen LogP contribution is 2.82. The average molecular weight is 429 g/mol. The molecule has 0 radical (unpaired) electrons. The van der Waals surface area contributed by atoms with Crippen molar-refractivity contribution in [2.45, 2.75) is 98.5 Å². The van der Waals surface area contributed by atoms with E-state index in [2.05, 4.69) is 34.6 Å². The molecular weight excluding hydrogens is 380 g/mol. The average Bonchev–Trinajstić information content (AvgIpc) is 3.46. The predicted molar refractivity (Wildman–Crippen MR) is 125 cm³/mol. The van der Waals surface area contributed by atoms with Gasteiger partial charge >= 0.3 is 0 Å². The SMILES string of the molecule is CO[C@@H]1C[C@H]2[C@@H]3CC[C@H]([C@H](C)C[C@H]4[C@H](CO)C4(C)C)[C@@]3(C)CC[C@@H]2[C@@]2(C)CC[C@@H]3C[C@]312. The van der Waals surface area contributed by atoms with Gasteiger partial charge in [-0.1, -0.05) is 34.6 Å². The van der Waals surface area contributed by atoms with E-state index in [9.17, 15) is 5.11 Å². The van der Waals surface area contributed by atoms with E-state index in [0.717, 1.165) is 41.4 Å². The molecule has 0 aromatic rings. The molecule has 6 fully saturated rings. The Hall–Kier alpha value is -0.0800. The van der Waals surface area contributed by atoms with Gasteiger partial charge < -0.3 is 9.84 Å². The number of methoxy groups -OCH3 is 1. The lowest BCUT2D eigenvalue weighted by atomic mass is 9.45. The molecule has 1 spiro atoms. The molecule has 0 unspecified atom stereocenters. The van der Waals surface area contributed by atoms with Crippen molar-refractivity contribution in [2.75, 3.05) is 13.7 Å². The Labute approximate surface area is 191 Å². The quantitative estimate of drug-likeness (QED) is 0.537. The highest BCUT2D eigenvalue weighted by Gasteiger charge is 2.77. The molecule has 31 heavy (non-hydrogen) atoms. The lowest BCUT2D eigenvalue weighted by Crippen LogP contribution is -2.57. The van der Waals surface area contributed by atoms with E-state index in [1.165, 1.54) is 57.8 Å². The Kier molecular flexibility index (Phi) is 4.52. The van der Waals surface area contributed by atoms with Crippen LogP contribution in [0.2, 0.25) is 0 Å². The normalized spacial score (nSPS) is 59.3. The van der Waals surface area contributed by atoms with E-state index < -0.39 is 0 Å². The van der Waals surface area contributed by atoms with Gasteiger partial charge in [-0.05, 0) is 121 Å². The standard InChI is InChI=1S/C29H48O2/c1-17(13-23-24(16-30)26(23,2)3)20-7-8-21-19-14-25(31-6)29-15-18(29)9-12-28(29,5)22(19)10-11-27(20,21)4/h17-25,30H,7-16H2,1-6H3/t17-,18-,19+,20-,21+,22+,23+,24+,25-,27-,28-,29+/m1/s1. The largest absolute Gasteiger partial charge is 0.396 e. The van der Waals surface area contributed by atoms with Gasteiger partial charge in [0, 0.05) is 19.1 Å². The Morgan fingerprint density at radius 1 is 0.968 bits per heavy atom. The molecule has 0 aromatic carbocycles. The minimum absolute atomic E-state index is 0.362. The number of rotatable bonds is 5. The zero-order chi connectivity index (χ0) is 22.0. The molecule has 1 N–H and O–H groups in total. The molecule has 6 saturated carbocycles. The van der Waals surface area contributed by atoms with E-state index in [1.807, 2.05) is 7.11 Å². The van der Waals surface area contributed by atoms with Crippen molar-refractivity contribution in [3.63, 3.8) is 0 Å². The fourth-order valence-corrected chi connectivity index (χ4v) is 11.8. The Morgan fingerprint density at radius 3 is 2.39 bits per heavy atom. The summed E-state index contributed by atoms with van der Waals surface area (Å²) >= 11 is 0. The third-order valence-corrected chi connectivity index (χ3v) is 13.7. The van der Waals surface area contributed by atoms with Crippen LogP contribution in [-0.2, 0) is 4.74 Å². The first-order valence-corrected chi connectivity index (χ1v) is 13.8. The maximum atomic E-state index is 9.82. The molecule has 6 aliphatic carbocycles. The second-order valence-electron chi connectivity index (χ2n) is 14.4. The fraction of sp³-hybridized carbons (Fsp3) is 1.00. The first-order chi connectivity index (χ1) is 14.6. The zero-order valence-electron chi connectivity index (χ0n) is 21.1. The fourth-order valence-electron chi connectivity index (χ4n) is 11.8. The van der Waals surface area contributed by atoms with E-state index in [-0.39, 0.29) is 0 Å². The number of hydrogen-bond donors (Lipinski definition) is 1. The number of aliphatic hydroxyl groups excluding tert-OH is 1. The van der Waals surface area contributed by atoms with E-state index in [1.54, 1.807) is 0 Å². The van der Waals surface area contributed by atoms with Gasteiger partial charge in [0.25, 0.3) is 0 Å². The van der Waals surface area contributed by atoms with Crippen LogP contribution in [0, 0.1) is 69.0 Å². The monoisotopic (exact) mass is 428 g/mol. The maximum absolute atomic E-state index is 9.82. The summed E-state index contributed by atoms with van der Waals surface area (Å²) in [7, 11) is 2.02. The number of hydrogen-bond acceptors (Lipinski definition) is 2. The van der Waals surface area contributed by atoms with Crippen LogP contribution < -0.4 is 0 Å². The van der Waals surface area contributed by atoms with E-state index in [4.69, 9.17) is 4.74 Å². The third kappa shape index (κ3) is 2.48. The molecule has 6 rings (SSSR count). The summed E-state index contributed by atoms with van der Waals surface area (Å²) in [5.41, 5.74) is 2.01. The lowest BCUT2D eigenvalue weighted by Gasteiger charge is -2.61. The summed E-state index contributed by atoms with van der Waals surface area (Å²) < 4.78 is 6.30. The Balaban J connectivity index is 1.23. The second-order valence-corrected chi connectivity index (χ2v) is 14.4. The number of aliphatic hydroxyl groups is 1. The van der Waals surface area contributed by atoms with Crippen molar-refractivity contribution in [1.29, 1.82) is 0 Å². The number of ether oxygens (including phenoxy) is 1. The van der Waals surface area contributed by atoms with Crippen molar-refractivity contribution in [3.05, 3.63) is 0 Å². The van der Waals surface area contributed by atoms with Crippen LogP contribution >= 0.6 is 0 Å². The third-order valence-electron chi connectivity index (χ3n) is 13.7. The number of fused-ring (bicyclic) bond motifs is 4. The smallest absolute Gasteiger partial charge is 0.0638 e. The van der Waals surface area contributed by atoms with Crippen molar-refractivity contribution in [1.82, 2.24) is 0 Å². The highest BCUT2D eigenvalue weighted by atomic mass is 16.5. The van der Waals surface area contributed by atoms with Gasteiger partial charge in [-0.15, -0.1) is 0 Å². The first-order valence-electron chi connectivity index (χ1n) is 13.8. The van der Waals surface area contributed by atoms with Crippen LogP contribution in [0.5, 0.6) is 0 Å². The zero-order valence-corrected chi connectivity index (χ0v) is 21.1. The van der Waals surface area contributed by atoms with Crippen LogP contribution in [0.25, 0.3) is 0 Å². The molecule has 0 amide bonds. The minimum Gasteiger partial charge on any atom is -0.396 e. The van der Waals surface area contributed by atoms with Crippen molar-refractivity contribution >= 4 is 0 Å². The molecule has 0 heterocycles. The molecule has 2 heteroatoms. The van der Waals surface area contributed by atoms with Crippen LogP contribution in [0.4, 0.5) is 0 Å². The molecule has 0 saturated heterocycles. The first kappa shape index (κ1) is 21.5. The van der Waals surface area contributed by atoms with Crippen molar-refractivity contribution < 1.29 is 9.84 Å². The Bertz CT molecular complexity index is 745. The van der Waals surface area contributed by atoms with Crippen molar-refractivity contribution in [3.8, 4) is 0 Å². The molecule has 6 aliphatic rings. The van der Waals surface area contributed by atoms with Crippen LogP contribution in [0.3, 0.4) is 0 Å². The minimum atomic E-state index is 0.362. The summed E-state index contributed by atoms with van der Waals surface area (Å²) in [4.78, 5) is 0. The molecule has 12 atom stereocenters. The predicted octanol–water partition coefficient (Wildman–Crippen LogP) is 6.56. The summed E-state index contributed by atoms with van der Waals surface area (Å²) in [6.07, 6.45) is 13.5. The van der Waals surface area contributed by atoms with Gasteiger partial charge in [0.2, 0.25) is 0 Å². The Morgan fingerprint density at radius 2 is 1.74 bits per heavy atom. The molecule has 0 aliphatic heterocycles. The van der Waals surface area contributed by atoms with Gasteiger partial charge in [0.1, 0.15) is 0 Å². The highest BCUT2D eigenvalue weighted by molar-refractivity contribution is 5.26. The van der Waals surface area contributed by atoms with Gasteiger partial charge in [-0.3, -0.25) is 0 Å².